The number of hydrogen-bond donors (Lipinski definition) is 0. The number of sulfonamides is 1. The molecule has 1 amide bonds. The van der Waals surface area contributed by atoms with Gasteiger partial charge in [0.2, 0.25) is 15.9 Å². The second kappa shape index (κ2) is 8.51. The summed E-state index contributed by atoms with van der Waals surface area (Å²) in [7, 11) is -3.48. The lowest BCUT2D eigenvalue weighted by Crippen LogP contribution is -2.50. The topological polar surface area (TPSA) is 57.7 Å². The van der Waals surface area contributed by atoms with E-state index in [9.17, 15) is 13.2 Å². The number of amides is 1. The molecule has 1 aliphatic carbocycles. The van der Waals surface area contributed by atoms with Gasteiger partial charge >= 0.3 is 0 Å². The van der Waals surface area contributed by atoms with Crippen molar-refractivity contribution in [3.8, 4) is 0 Å². The van der Waals surface area contributed by atoms with Gasteiger partial charge in [0.25, 0.3) is 0 Å². The molecule has 2 aliphatic rings. The summed E-state index contributed by atoms with van der Waals surface area (Å²) in [5.74, 6) is 0.415. The van der Waals surface area contributed by atoms with Gasteiger partial charge in [0.1, 0.15) is 0 Å². The highest BCUT2D eigenvalue weighted by molar-refractivity contribution is 7.92. The number of aryl methyl sites for hydroxylation is 1. The molecule has 1 fully saturated rings. The van der Waals surface area contributed by atoms with E-state index in [0.717, 1.165) is 18.4 Å². The standard InChI is InChI=1S/C23H26N2O3S/c26-23(18-21-11-10-20-8-4-5-9-22(20)21)24-13-15-25(16-14-24)29(27,28)17-12-19-6-2-1-3-7-19/h1-9,12,17,21H,10-11,13-16,18H2/b17-12+. The maximum atomic E-state index is 12.8. The van der Waals surface area contributed by atoms with Crippen LogP contribution >= 0.6 is 0 Å². The molecule has 152 valence electrons. The fourth-order valence-corrected chi connectivity index (χ4v) is 5.38. The normalized spacial score (nSPS) is 20.1. The Hall–Kier alpha value is -2.44. The third kappa shape index (κ3) is 4.60. The number of hydrogen-bond acceptors (Lipinski definition) is 3. The van der Waals surface area contributed by atoms with Crippen molar-refractivity contribution in [3.63, 3.8) is 0 Å². The highest BCUT2D eigenvalue weighted by Gasteiger charge is 2.30. The van der Waals surface area contributed by atoms with E-state index in [1.165, 1.54) is 20.8 Å². The van der Waals surface area contributed by atoms with Crippen LogP contribution in [0.25, 0.3) is 6.08 Å². The molecule has 1 atom stereocenters. The lowest BCUT2D eigenvalue weighted by atomic mass is 9.97. The van der Waals surface area contributed by atoms with E-state index >= 15 is 0 Å². The van der Waals surface area contributed by atoms with Crippen molar-refractivity contribution in [2.24, 2.45) is 0 Å². The molecule has 1 unspecified atom stereocenters. The van der Waals surface area contributed by atoms with Gasteiger partial charge in [-0.25, -0.2) is 8.42 Å². The molecule has 0 saturated carbocycles. The minimum absolute atomic E-state index is 0.128. The molecule has 29 heavy (non-hydrogen) atoms. The van der Waals surface area contributed by atoms with E-state index in [0.29, 0.717) is 32.6 Å². The zero-order chi connectivity index (χ0) is 20.3. The molecule has 0 radical (unpaired) electrons. The van der Waals surface area contributed by atoms with Crippen LogP contribution in [0.4, 0.5) is 0 Å². The largest absolute Gasteiger partial charge is 0.340 e. The van der Waals surface area contributed by atoms with Gasteiger partial charge in [-0.2, -0.15) is 4.31 Å². The Morgan fingerprint density at radius 3 is 2.41 bits per heavy atom. The minimum Gasteiger partial charge on any atom is -0.340 e. The summed E-state index contributed by atoms with van der Waals surface area (Å²) >= 11 is 0. The molecule has 1 heterocycles. The van der Waals surface area contributed by atoms with Crippen molar-refractivity contribution in [1.82, 2.24) is 9.21 Å². The Labute approximate surface area is 172 Å². The van der Waals surface area contributed by atoms with E-state index in [1.807, 2.05) is 41.3 Å². The average Bonchev–Trinajstić information content (AvgIpc) is 3.16. The summed E-state index contributed by atoms with van der Waals surface area (Å²) in [4.78, 5) is 14.6. The van der Waals surface area contributed by atoms with Gasteiger partial charge in [0.05, 0.1) is 0 Å². The van der Waals surface area contributed by atoms with Gasteiger partial charge in [-0.1, -0.05) is 54.6 Å². The molecular formula is C23H26N2O3S. The van der Waals surface area contributed by atoms with Crippen molar-refractivity contribution in [2.45, 2.75) is 25.2 Å². The van der Waals surface area contributed by atoms with Gasteiger partial charge in [-0.15, -0.1) is 0 Å². The number of carbonyl (C=O) groups is 1. The fraction of sp³-hybridized carbons (Fsp3) is 0.348. The third-order valence-corrected chi connectivity index (χ3v) is 7.43. The van der Waals surface area contributed by atoms with Crippen molar-refractivity contribution in [1.29, 1.82) is 0 Å². The first kappa shape index (κ1) is 19.9. The highest BCUT2D eigenvalue weighted by atomic mass is 32.2. The number of rotatable bonds is 5. The number of carbonyl (C=O) groups excluding carboxylic acids is 1. The Morgan fingerprint density at radius 1 is 0.966 bits per heavy atom. The Balaban J connectivity index is 1.32. The first-order valence-electron chi connectivity index (χ1n) is 10.1. The maximum Gasteiger partial charge on any atom is 0.236 e. The Kier molecular flexibility index (Phi) is 5.83. The van der Waals surface area contributed by atoms with Crippen LogP contribution in [0.2, 0.25) is 0 Å². The van der Waals surface area contributed by atoms with Gasteiger partial charge < -0.3 is 4.90 Å². The van der Waals surface area contributed by atoms with Gasteiger partial charge in [-0.3, -0.25) is 4.79 Å². The molecule has 0 aromatic heterocycles. The number of benzene rings is 2. The van der Waals surface area contributed by atoms with Crippen molar-refractivity contribution in [3.05, 3.63) is 76.7 Å². The molecular weight excluding hydrogens is 384 g/mol. The Bertz CT molecular complexity index is 994. The predicted octanol–water partition coefficient (Wildman–Crippen LogP) is 3.25. The zero-order valence-electron chi connectivity index (χ0n) is 16.4. The van der Waals surface area contributed by atoms with Crippen molar-refractivity contribution < 1.29 is 13.2 Å². The van der Waals surface area contributed by atoms with Gasteiger partial charge in [0, 0.05) is 38.0 Å². The molecule has 1 saturated heterocycles. The Morgan fingerprint density at radius 2 is 1.66 bits per heavy atom. The first-order chi connectivity index (χ1) is 14.0. The van der Waals surface area contributed by atoms with Crippen LogP contribution < -0.4 is 0 Å². The van der Waals surface area contributed by atoms with Crippen LogP contribution in [-0.4, -0.2) is 49.7 Å². The number of piperazine rings is 1. The van der Waals surface area contributed by atoms with Crippen molar-refractivity contribution in [2.75, 3.05) is 26.2 Å². The SMILES string of the molecule is O=C(CC1CCc2ccccc21)N1CCN(S(=O)(=O)/C=C/c2ccccc2)CC1. The van der Waals surface area contributed by atoms with Gasteiger partial charge in [0.15, 0.2) is 0 Å². The minimum atomic E-state index is -3.48. The van der Waals surface area contributed by atoms with Crippen LogP contribution in [0.15, 0.2) is 60.0 Å². The number of nitrogens with zero attached hydrogens (tertiary/aromatic N) is 2. The maximum absolute atomic E-state index is 12.8. The second-order valence-corrected chi connectivity index (χ2v) is 9.50. The van der Waals surface area contributed by atoms with Crippen LogP contribution in [0.1, 0.15) is 35.4 Å². The smallest absolute Gasteiger partial charge is 0.236 e. The fourth-order valence-electron chi connectivity index (χ4n) is 4.20. The summed E-state index contributed by atoms with van der Waals surface area (Å²) < 4.78 is 26.6. The van der Waals surface area contributed by atoms with E-state index in [1.54, 1.807) is 6.08 Å². The molecule has 2 aromatic rings. The van der Waals surface area contributed by atoms with Crippen LogP contribution in [0.5, 0.6) is 0 Å². The quantitative estimate of drug-likeness (QED) is 0.760. The van der Waals surface area contributed by atoms with Crippen LogP contribution in [0.3, 0.4) is 0 Å². The van der Waals surface area contributed by atoms with Crippen LogP contribution in [0, 0.1) is 0 Å². The van der Waals surface area contributed by atoms with Gasteiger partial charge in [-0.05, 0) is 41.5 Å². The molecule has 0 bridgehead atoms. The molecule has 0 spiro atoms. The van der Waals surface area contributed by atoms with Crippen molar-refractivity contribution >= 4 is 22.0 Å². The van der Waals surface area contributed by atoms with Crippen LogP contribution in [-0.2, 0) is 21.2 Å². The van der Waals surface area contributed by atoms with E-state index in [-0.39, 0.29) is 11.8 Å². The first-order valence-corrected chi connectivity index (χ1v) is 11.6. The summed E-state index contributed by atoms with van der Waals surface area (Å²) in [5, 5.41) is 1.26. The third-order valence-electron chi connectivity index (χ3n) is 5.86. The molecule has 1 aliphatic heterocycles. The van der Waals surface area contributed by atoms with E-state index in [4.69, 9.17) is 0 Å². The zero-order valence-corrected chi connectivity index (χ0v) is 17.2. The number of fused-ring (bicyclic) bond motifs is 1. The summed E-state index contributed by atoms with van der Waals surface area (Å²) in [5.41, 5.74) is 3.50. The van der Waals surface area contributed by atoms with E-state index in [2.05, 4.69) is 18.2 Å². The monoisotopic (exact) mass is 410 g/mol. The molecule has 6 heteroatoms. The summed E-state index contributed by atoms with van der Waals surface area (Å²) in [6, 6.07) is 17.7. The molecule has 0 N–H and O–H groups in total. The molecule has 2 aromatic carbocycles. The summed E-state index contributed by atoms with van der Waals surface area (Å²) in [6.07, 6.45) is 4.18. The predicted molar refractivity (Wildman–Crippen MR) is 115 cm³/mol. The molecule has 4 rings (SSSR count). The van der Waals surface area contributed by atoms with E-state index < -0.39 is 10.0 Å². The lowest BCUT2D eigenvalue weighted by molar-refractivity contribution is -0.132. The second-order valence-electron chi connectivity index (χ2n) is 7.68. The lowest BCUT2D eigenvalue weighted by Gasteiger charge is -2.34. The highest BCUT2D eigenvalue weighted by Crippen LogP contribution is 2.35. The summed E-state index contributed by atoms with van der Waals surface area (Å²) in [6.45, 7) is 1.58. The molecule has 5 nitrogen and oxygen atoms in total. The average molecular weight is 411 g/mol.